The number of amides is 1. The van der Waals surface area contributed by atoms with Crippen molar-refractivity contribution in [2.24, 2.45) is 5.92 Å². The van der Waals surface area contributed by atoms with E-state index in [1.54, 1.807) is 14.2 Å². The summed E-state index contributed by atoms with van der Waals surface area (Å²) in [6.07, 6.45) is 0. The van der Waals surface area contributed by atoms with E-state index in [0.717, 1.165) is 12.1 Å². The average molecular weight is 279 g/mol. The number of nitrogens with zero attached hydrogens (tertiary/aromatic N) is 1. The van der Waals surface area contributed by atoms with Crippen LogP contribution < -0.4 is 0 Å². The Morgan fingerprint density at radius 1 is 1.25 bits per heavy atom. The Morgan fingerprint density at radius 2 is 2.00 bits per heavy atom. The molecule has 0 atom stereocenters. The molecular formula is C16H25NO3. The largest absolute Gasteiger partial charge is 0.383 e. The van der Waals surface area contributed by atoms with Crippen molar-refractivity contribution in [3.63, 3.8) is 0 Å². The lowest BCUT2D eigenvalue weighted by Crippen LogP contribution is -2.36. The molecular weight excluding hydrogens is 254 g/mol. The summed E-state index contributed by atoms with van der Waals surface area (Å²) in [6, 6.07) is 7.60. The van der Waals surface area contributed by atoms with Gasteiger partial charge in [-0.3, -0.25) is 4.79 Å². The molecule has 112 valence electrons. The van der Waals surface area contributed by atoms with Gasteiger partial charge in [0.25, 0.3) is 5.91 Å². The van der Waals surface area contributed by atoms with Crippen molar-refractivity contribution in [2.45, 2.75) is 20.5 Å². The molecule has 0 heterocycles. The van der Waals surface area contributed by atoms with Crippen molar-refractivity contribution >= 4 is 5.91 Å². The van der Waals surface area contributed by atoms with Crippen molar-refractivity contribution in [3.8, 4) is 0 Å². The van der Waals surface area contributed by atoms with Gasteiger partial charge in [0.05, 0.1) is 13.2 Å². The SMILES string of the molecule is COCCN(CC(C)C)C(=O)c1cccc(COC)c1. The molecule has 0 aliphatic heterocycles. The highest BCUT2D eigenvalue weighted by Gasteiger charge is 2.16. The molecule has 0 saturated heterocycles. The second kappa shape index (κ2) is 8.72. The van der Waals surface area contributed by atoms with Gasteiger partial charge in [0.1, 0.15) is 0 Å². The highest BCUT2D eigenvalue weighted by molar-refractivity contribution is 5.94. The molecule has 20 heavy (non-hydrogen) atoms. The zero-order chi connectivity index (χ0) is 15.0. The zero-order valence-electron chi connectivity index (χ0n) is 12.9. The first kappa shape index (κ1) is 16.7. The molecule has 0 aromatic heterocycles. The monoisotopic (exact) mass is 279 g/mol. The van der Waals surface area contributed by atoms with Crippen LogP contribution in [0.15, 0.2) is 24.3 Å². The summed E-state index contributed by atoms with van der Waals surface area (Å²) in [5.74, 6) is 0.478. The Balaban J connectivity index is 2.84. The fourth-order valence-electron chi connectivity index (χ4n) is 2.06. The van der Waals surface area contributed by atoms with Crippen LogP contribution in [0.3, 0.4) is 0 Å². The van der Waals surface area contributed by atoms with Crippen molar-refractivity contribution in [2.75, 3.05) is 33.9 Å². The van der Waals surface area contributed by atoms with Gasteiger partial charge < -0.3 is 14.4 Å². The van der Waals surface area contributed by atoms with Gasteiger partial charge in [-0.25, -0.2) is 0 Å². The average Bonchev–Trinajstić information content (AvgIpc) is 2.43. The van der Waals surface area contributed by atoms with Crippen LogP contribution in [0.4, 0.5) is 0 Å². The normalized spacial score (nSPS) is 10.8. The maximum Gasteiger partial charge on any atom is 0.253 e. The van der Waals surface area contributed by atoms with E-state index in [2.05, 4.69) is 13.8 Å². The summed E-state index contributed by atoms with van der Waals surface area (Å²) >= 11 is 0. The molecule has 4 nitrogen and oxygen atoms in total. The van der Waals surface area contributed by atoms with Crippen molar-refractivity contribution in [1.29, 1.82) is 0 Å². The highest BCUT2D eigenvalue weighted by atomic mass is 16.5. The molecule has 0 spiro atoms. The van der Waals surface area contributed by atoms with E-state index in [9.17, 15) is 4.79 Å². The van der Waals surface area contributed by atoms with Crippen LogP contribution >= 0.6 is 0 Å². The summed E-state index contributed by atoms with van der Waals surface area (Å²) < 4.78 is 10.2. The van der Waals surface area contributed by atoms with E-state index in [1.807, 2.05) is 29.2 Å². The van der Waals surface area contributed by atoms with Gasteiger partial charge in [0.15, 0.2) is 0 Å². The summed E-state index contributed by atoms with van der Waals surface area (Å²) in [5.41, 5.74) is 1.71. The van der Waals surface area contributed by atoms with Crippen LogP contribution in [0, 0.1) is 5.92 Å². The summed E-state index contributed by atoms with van der Waals surface area (Å²) in [5, 5.41) is 0. The first-order valence-electron chi connectivity index (χ1n) is 6.94. The lowest BCUT2D eigenvalue weighted by atomic mass is 10.1. The number of benzene rings is 1. The zero-order valence-corrected chi connectivity index (χ0v) is 12.9. The molecule has 1 rings (SSSR count). The molecule has 1 amide bonds. The molecule has 0 N–H and O–H groups in total. The first-order valence-corrected chi connectivity index (χ1v) is 6.94. The van der Waals surface area contributed by atoms with E-state index in [-0.39, 0.29) is 5.91 Å². The third-order valence-electron chi connectivity index (χ3n) is 2.92. The Hall–Kier alpha value is -1.39. The molecule has 1 aromatic rings. The van der Waals surface area contributed by atoms with Gasteiger partial charge in [-0.2, -0.15) is 0 Å². The van der Waals surface area contributed by atoms with Gasteiger partial charge >= 0.3 is 0 Å². The third kappa shape index (κ3) is 5.31. The number of carbonyl (C=O) groups excluding carboxylic acids is 1. The number of hydrogen-bond donors (Lipinski definition) is 0. The van der Waals surface area contributed by atoms with Gasteiger partial charge in [-0.1, -0.05) is 26.0 Å². The standard InChI is InChI=1S/C16H25NO3/c1-13(2)11-17(8-9-19-3)16(18)15-7-5-6-14(10-15)12-20-4/h5-7,10,13H,8-9,11-12H2,1-4H3. The van der Waals surface area contributed by atoms with Gasteiger partial charge in [0, 0.05) is 32.9 Å². The predicted octanol–water partition coefficient (Wildman–Crippen LogP) is 2.58. The smallest absolute Gasteiger partial charge is 0.253 e. The van der Waals surface area contributed by atoms with E-state index in [4.69, 9.17) is 9.47 Å². The summed E-state index contributed by atoms with van der Waals surface area (Å²) in [6.45, 7) is 6.63. The van der Waals surface area contributed by atoms with Crippen molar-refractivity contribution in [1.82, 2.24) is 4.90 Å². The van der Waals surface area contributed by atoms with E-state index >= 15 is 0 Å². The van der Waals surface area contributed by atoms with Crippen LogP contribution in [0.25, 0.3) is 0 Å². The minimum Gasteiger partial charge on any atom is -0.383 e. The van der Waals surface area contributed by atoms with E-state index in [1.165, 1.54) is 0 Å². The number of carbonyl (C=O) groups is 1. The van der Waals surface area contributed by atoms with Crippen LogP contribution in [0.2, 0.25) is 0 Å². The Bertz CT molecular complexity index is 418. The number of methoxy groups -OCH3 is 2. The fraction of sp³-hybridized carbons (Fsp3) is 0.562. The number of hydrogen-bond acceptors (Lipinski definition) is 3. The van der Waals surface area contributed by atoms with Crippen molar-refractivity contribution < 1.29 is 14.3 Å². The second-order valence-electron chi connectivity index (χ2n) is 5.27. The molecule has 1 aromatic carbocycles. The number of rotatable bonds is 8. The molecule has 0 radical (unpaired) electrons. The minimum absolute atomic E-state index is 0.0497. The minimum atomic E-state index is 0.0497. The maximum absolute atomic E-state index is 12.6. The van der Waals surface area contributed by atoms with Crippen LogP contribution in [0.1, 0.15) is 29.8 Å². The topological polar surface area (TPSA) is 38.8 Å². The first-order chi connectivity index (χ1) is 9.58. The quantitative estimate of drug-likeness (QED) is 0.734. The molecule has 0 aliphatic rings. The van der Waals surface area contributed by atoms with E-state index in [0.29, 0.717) is 31.2 Å². The summed E-state index contributed by atoms with van der Waals surface area (Å²) in [7, 11) is 3.30. The van der Waals surface area contributed by atoms with Crippen LogP contribution in [-0.2, 0) is 16.1 Å². The predicted molar refractivity (Wildman–Crippen MR) is 79.8 cm³/mol. The Kier molecular flexibility index (Phi) is 7.26. The van der Waals surface area contributed by atoms with E-state index < -0.39 is 0 Å². The Labute approximate surface area is 121 Å². The molecule has 0 bridgehead atoms. The van der Waals surface area contributed by atoms with Gasteiger partial charge in [0.2, 0.25) is 0 Å². The summed E-state index contributed by atoms with van der Waals surface area (Å²) in [4.78, 5) is 14.4. The fourth-order valence-corrected chi connectivity index (χ4v) is 2.06. The molecule has 0 unspecified atom stereocenters. The molecule has 4 heteroatoms. The molecule has 0 saturated carbocycles. The van der Waals surface area contributed by atoms with Crippen LogP contribution in [0.5, 0.6) is 0 Å². The van der Waals surface area contributed by atoms with Gasteiger partial charge in [-0.15, -0.1) is 0 Å². The number of ether oxygens (including phenoxy) is 2. The van der Waals surface area contributed by atoms with Crippen molar-refractivity contribution in [3.05, 3.63) is 35.4 Å². The Morgan fingerprint density at radius 3 is 2.60 bits per heavy atom. The third-order valence-corrected chi connectivity index (χ3v) is 2.92. The highest BCUT2D eigenvalue weighted by Crippen LogP contribution is 2.11. The van der Waals surface area contributed by atoms with Gasteiger partial charge in [-0.05, 0) is 23.6 Å². The lowest BCUT2D eigenvalue weighted by Gasteiger charge is -2.24. The second-order valence-corrected chi connectivity index (χ2v) is 5.27. The van der Waals surface area contributed by atoms with Crippen LogP contribution in [-0.4, -0.2) is 44.7 Å². The molecule has 0 aliphatic carbocycles. The lowest BCUT2D eigenvalue weighted by molar-refractivity contribution is 0.0672. The maximum atomic E-state index is 12.6. The molecule has 0 fully saturated rings.